The fourth-order valence-electron chi connectivity index (χ4n) is 1.37. The Bertz CT molecular complexity index is 555. The van der Waals surface area contributed by atoms with Crippen molar-refractivity contribution in [3.05, 3.63) is 48.0 Å². The molecule has 0 radical (unpaired) electrons. The number of pyridine rings is 1. The molecule has 0 aliphatic rings. The Balaban J connectivity index is 2.28. The molecule has 0 aliphatic carbocycles. The van der Waals surface area contributed by atoms with Crippen LogP contribution in [-0.2, 0) is 0 Å². The number of carbonyl (C=O) groups is 1. The van der Waals surface area contributed by atoms with Gasteiger partial charge in [-0.05, 0) is 24.3 Å². The first-order chi connectivity index (χ1) is 8.72. The second kappa shape index (κ2) is 5.27. The van der Waals surface area contributed by atoms with E-state index < -0.39 is 0 Å². The maximum absolute atomic E-state index is 12.7. The second-order valence-corrected chi connectivity index (χ2v) is 3.43. The maximum Gasteiger partial charge on any atom is 0.187 e. The van der Waals surface area contributed by atoms with E-state index in [1.807, 2.05) is 0 Å². The maximum atomic E-state index is 12.7. The van der Waals surface area contributed by atoms with E-state index in [-0.39, 0.29) is 11.5 Å². The standard InChI is InChI=1S/C13H10FNO3/c1-17-12-6-10(8-16)15-7-13(12)18-11-4-2-9(14)3-5-11/h2-8H,1H3. The molecule has 0 aliphatic heterocycles. The lowest BCUT2D eigenvalue weighted by atomic mass is 10.3. The van der Waals surface area contributed by atoms with Crippen molar-refractivity contribution in [2.24, 2.45) is 0 Å². The normalized spacial score (nSPS) is 9.89. The van der Waals surface area contributed by atoms with Gasteiger partial charge >= 0.3 is 0 Å². The molecule has 1 heterocycles. The molecule has 0 saturated carbocycles. The summed E-state index contributed by atoms with van der Waals surface area (Å²) < 4.78 is 23.3. The molecular formula is C13H10FNO3. The van der Waals surface area contributed by atoms with Crippen LogP contribution in [-0.4, -0.2) is 18.4 Å². The summed E-state index contributed by atoms with van der Waals surface area (Å²) in [5.41, 5.74) is 0.248. The van der Waals surface area contributed by atoms with Crippen molar-refractivity contribution in [1.82, 2.24) is 4.98 Å². The summed E-state index contributed by atoms with van der Waals surface area (Å²) >= 11 is 0. The van der Waals surface area contributed by atoms with Gasteiger partial charge in [0.1, 0.15) is 17.3 Å². The Morgan fingerprint density at radius 3 is 2.56 bits per heavy atom. The van der Waals surface area contributed by atoms with E-state index in [9.17, 15) is 9.18 Å². The fourth-order valence-corrected chi connectivity index (χ4v) is 1.37. The van der Waals surface area contributed by atoms with Crippen LogP contribution in [0.5, 0.6) is 17.2 Å². The zero-order valence-electron chi connectivity index (χ0n) is 9.59. The summed E-state index contributed by atoms with van der Waals surface area (Å²) in [5, 5.41) is 0. The number of aldehydes is 1. The van der Waals surface area contributed by atoms with Crippen LogP contribution in [0.15, 0.2) is 36.5 Å². The van der Waals surface area contributed by atoms with E-state index in [4.69, 9.17) is 9.47 Å². The van der Waals surface area contributed by atoms with Gasteiger partial charge in [-0.1, -0.05) is 0 Å². The summed E-state index contributed by atoms with van der Waals surface area (Å²) in [5.74, 6) is 0.852. The van der Waals surface area contributed by atoms with Crippen molar-refractivity contribution in [1.29, 1.82) is 0 Å². The minimum Gasteiger partial charge on any atom is -0.493 e. The van der Waals surface area contributed by atoms with Gasteiger partial charge in [0.25, 0.3) is 0 Å². The molecule has 0 fully saturated rings. The van der Waals surface area contributed by atoms with E-state index in [2.05, 4.69) is 4.98 Å². The van der Waals surface area contributed by atoms with Crippen LogP contribution in [0.4, 0.5) is 4.39 Å². The third-order valence-corrected chi connectivity index (χ3v) is 2.23. The molecule has 2 aromatic rings. The SMILES string of the molecule is COc1cc(C=O)ncc1Oc1ccc(F)cc1. The highest BCUT2D eigenvalue weighted by atomic mass is 19.1. The van der Waals surface area contributed by atoms with Gasteiger partial charge in [0.2, 0.25) is 0 Å². The third kappa shape index (κ3) is 2.63. The van der Waals surface area contributed by atoms with Crippen LogP contribution >= 0.6 is 0 Å². The summed E-state index contributed by atoms with van der Waals surface area (Å²) in [6.45, 7) is 0. The average molecular weight is 247 g/mol. The van der Waals surface area contributed by atoms with Gasteiger partial charge in [0.05, 0.1) is 13.3 Å². The molecular weight excluding hydrogens is 237 g/mol. The van der Waals surface area contributed by atoms with Gasteiger partial charge in [-0.15, -0.1) is 0 Å². The van der Waals surface area contributed by atoms with Crippen LogP contribution in [0.2, 0.25) is 0 Å². The number of methoxy groups -OCH3 is 1. The number of benzene rings is 1. The largest absolute Gasteiger partial charge is 0.493 e. The quantitative estimate of drug-likeness (QED) is 0.779. The Labute approximate surface area is 103 Å². The average Bonchev–Trinajstić information content (AvgIpc) is 2.41. The predicted molar refractivity (Wildman–Crippen MR) is 62.7 cm³/mol. The van der Waals surface area contributed by atoms with E-state index in [0.29, 0.717) is 23.5 Å². The minimum absolute atomic E-state index is 0.248. The highest BCUT2D eigenvalue weighted by Crippen LogP contribution is 2.30. The smallest absolute Gasteiger partial charge is 0.187 e. The van der Waals surface area contributed by atoms with Crippen molar-refractivity contribution in [3.63, 3.8) is 0 Å². The van der Waals surface area contributed by atoms with Crippen LogP contribution in [0.1, 0.15) is 10.5 Å². The lowest BCUT2D eigenvalue weighted by Gasteiger charge is -2.09. The molecule has 1 aromatic heterocycles. The Morgan fingerprint density at radius 2 is 1.94 bits per heavy atom. The lowest BCUT2D eigenvalue weighted by molar-refractivity contribution is 0.111. The van der Waals surface area contributed by atoms with Crippen molar-refractivity contribution in [3.8, 4) is 17.2 Å². The summed E-state index contributed by atoms with van der Waals surface area (Å²) in [6, 6.07) is 7.01. The molecule has 5 heteroatoms. The molecule has 0 saturated heterocycles. The first-order valence-electron chi connectivity index (χ1n) is 5.15. The Morgan fingerprint density at radius 1 is 1.22 bits per heavy atom. The van der Waals surface area contributed by atoms with Crippen LogP contribution < -0.4 is 9.47 Å². The predicted octanol–water partition coefficient (Wildman–Crippen LogP) is 2.83. The zero-order chi connectivity index (χ0) is 13.0. The number of carbonyl (C=O) groups excluding carboxylic acids is 1. The molecule has 1 aromatic carbocycles. The van der Waals surface area contributed by atoms with Crippen LogP contribution in [0.25, 0.3) is 0 Å². The number of hydrogen-bond donors (Lipinski definition) is 0. The van der Waals surface area contributed by atoms with Crippen molar-refractivity contribution >= 4 is 6.29 Å². The monoisotopic (exact) mass is 247 g/mol. The van der Waals surface area contributed by atoms with Crippen molar-refractivity contribution in [2.45, 2.75) is 0 Å². The Hall–Kier alpha value is -2.43. The Kier molecular flexibility index (Phi) is 3.52. The van der Waals surface area contributed by atoms with E-state index in [1.165, 1.54) is 43.6 Å². The van der Waals surface area contributed by atoms with Gasteiger partial charge in [-0.25, -0.2) is 9.37 Å². The van der Waals surface area contributed by atoms with Crippen LogP contribution in [0, 0.1) is 5.82 Å². The molecule has 0 amide bonds. The third-order valence-electron chi connectivity index (χ3n) is 2.23. The molecule has 18 heavy (non-hydrogen) atoms. The highest BCUT2D eigenvalue weighted by molar-refractivity contribution is 5.73. The number of rotatable bonds is 4. The topological polar surface area (TPSA) is 48.4 Å². The molecule has 92 valence electrons. The minimum atomic E-state index is -0.344. The highest BCUT2D eigenvalue weighted by Gasteiger charge is 2.08. The number of aromatic nitrogens is 1. The summed E-state index contributed by atoms with van der Waals surface area (Å²) in [6.07, 6.45) is 2.00. The first kappa shape index (κ1) is 12.0. The number of nitrogens with zero attached hydrogens (tertiary/aromatic N) is 1. The first-order valence-corrected chi connectivity index (χ1v) is 5.15. The van der Waals surface area contributed by atoms with Crippen LogP contribution in [0.3, 0.4) is 0 Å². The molecule has 4 nitrogen and oxygen atoms in total. The lowest BCUT2D eigenvalue weighted by Crippen LogP contribution is -1.94. The molecule has 0 atom stereocenters. The van der Waals surface area contributed by atoms with Crippen molar-refractivity contribution in [2.75, 3.05) is 7.11 Å². The van der Waals surface area contributed by atoms with Gasteiger partial charge in [-0.3, -0.25) is 4.79 Å². The molecule has 0 bridgehead atoms. The number of halogens is 1. The van der Waals surface area contributed by atoms with E-state index >= 15 is 0 Å². The van der Waals surface area contributed by atoms with Gasteiger partial charge in [0.15, 0.2) is 17.8 Å². The summed E-state index contributed by atoms with van der Waals surface area (Å²) in [4.78, 5) is 14.5. The number of ether oxygens (including phenoxy) is 2. The molecule has 0 N–H and O–H groups in total. The second-order valence-electron chi connectivity index (χ2n) is 3.43. The number of hydrogen-bond acceptors (Lipinski definition) is 4. The molecule has 2 rings (SSSR count). The van der Waals surface area contributed by atoms with E-state index in [1.54, 1.807) is 0 Å². The van der Waals surface area contributed by atoms with Gasteiger partial charge < -0.3 is 9.47 Å². The molecule has 0 spiro atoms. The van der Waals surface area contributed by atoms with Gasteiger partial charge in [0, 0.05) is 6.07 Å². The molecule has 0 unspecified atom stereocenters. The summed E-state index contributed by atoms with van der Waals surface area (Å²) in [7, 11) is 1.46. The zero-order valence-corrected chi connectivity index (χ0v) is 9.59. The fraction of sp³-hybridized carbons (Fsp3) is 0.0769. The van der Waals surface area contributed by atoms with Crippen molar-refractivity contribution < 1.29 is 18.7 Å². The van der Waals surface area contributed by atoms with E-state index in [0.717, 1.165) is 0 Å². The van der Waals surface area contributed by atoms with Gasteiger partial charge in [-0.2, -0.15) is 0 Å².